The van der Waals surface area contributed by atoms with Gasteiger partial charge in [-0.3, -0.25) is 4.79 Å². The monoisotopic (exact) mass is 781 g/mol. The van der Waals surface area contributed by atoms with E-state index in [1.165, 1.54) is 6.92 Å². The summed E-state index contributed by atoms with van der Waals surface area (Å²) in [4.78, 5) is 15.6. The van der Waals surface area contributed by atoms with Crippen molar-refractivity contribution >= 4 is 17.4 Å². The van der Waals surface area contributed by atoms with Gasteiger partial charge < -0.3 is 44.3 Å². The van der Waals surface area contributed by atoms with Gasteiger partial charge in [-0.25, -0.2) is 0 Å². The topological polar surface area (TPSA) is 163 Å². The molecule has 312 valence electrons. The number of esters is 1. The Hall–Kier alpha value is -3.07. The van der Waals surface area contributed by atoms with Gasteiger partial charge in [-0.2, -0.15) is 10.2 Å². The Morgan fingerprint density at radius 3 is 2.11 bits per heavy atom. The van der Waals surface area contributed by atoms with Gasteiger partial charge in [0.1, 0.15) is 17.8 Å². The van der Waals surface area contributed by atoms with Crippen LogP contribution in [-0.2, 0) is 23.7 Å². The molecule has 2 aromatic carbocycles. The second-order valence-corrected chi connectivity index (χ2v) is 16.8. The molecular weight excluding hydrogens is 714 g/mol. The maximum Gasteiger partial charge on any atom is 0.311 e. The molecule has 0 saturated carbocycles. The molecule has 2 heterocycles. The Balaban J connectivity index is 1.82. The molecule has 2 saturated heterocycles. The van der Waals surface area contributed by atoms with Gasteiger partial charge in [0.05, 0.1) is 41.6 Å². The van der Waals surface area contributed by atoms with E-state index in [4.69, 9.17) is 24.0 Å². The normalized spacial score (nSPS) is 39.0. The van der Waals surface area contributed by atoms with Gasteiger partial charge in [-0.05, 0) is 90.6 Å². The van der Waals surface area contributed by atoms with Crippen LogP contribution in [0.25, 0.3) is 11.1 Å². The second-order valence-electron chi connectivity index (χ2n) is 16.8. The molecule has 0 amide bonds. The van der Waals surface area contributed by atoms with Gasteiger partial charge in [-0.1, -0.05) is 82.3 Å². The smallest absolute Gasteiger partial charge is 0.311 e. The maximum atomic E-state index is 13.7. The lowest BCUT2D eigenvalue weighted by atomic mass is 9.73. The quantitative estimate of drug-likeness (QED) is 0.153. The van der Waals surface area contributed by atoms with Crippen LogP contribution in [0.5, 0.6) is 0 Å². The highest BCUT2D eigenvalue weighted by Crippen LogP contribution is 2.39. The van der Waals surface area contributed by atoms with Crippen LogP contribution in [0, 0.1) is 23.7 Å². The fraction of sp³-hybridized carbons (Fsp3) is 0.659. The maximum absolute atomic E-state index is 13.7. The number of ether oxygens (including phenoxy) is 4. The first kappa shape index (κ1) is 45.6. The summed E-state index contributed by atoms with van der Waals surface area (Å²) < 4.78 is 25.1. The molecule has 12 heteroatoms. The molecule has 5 unspecified atom stereocenters. The van der Waals surface area contributed by atoms with Gasteiger partial charge >= 0.3 is 5.97 Å². The molecular formula is C44H67N3O9. The molecule has 4 N–H and O–H groups in total. The van der Waals surface area contributed by atoms with Crippen LogP contribution >= 0.6 is 0 Å². The zero-order chi connectivity index (χ0) is 41.7. The van der Waals surface area contributed by atoms with E-state index in [2.05, 4.69) is 17.2 Å². The molecule has 12 nitrogen and oxygen atoms in total. The highest BCUT2D eigenvalue weighted by molar-refractivity contribution is 6.00. The summed E-state index contributed by atoms with van der Waals surface area (Å²) in [6, 6.07) is 17.9. The number of aliphatic hydroxyl groups excluding tert-OH is 3. The Labute approximate surface area is 333 Å². The van der Waals surface area contributed by atoms with Crippen LogP contribution < -0.4 is 0 Å². The zero-order valence-electron chi connectivity index (χ0n) is 35.4. The number of hydrogen-bond donors (Lipinski definition) is 4. The number of rotatable bonds is 8. The third-order valence-corrected chi connectivity index (χ3v) is 12.3. The highest BCUT2D eigenvalue weighted by atomic mass is 16.7. The van der Waals surface area contributed by atoms with E-state index in [1.54, 1.807) is 34.8 Å². The summed E-state index contributed by atoms with van der Waals surface area (Å²) in [6.07, 6.45) is -5.99. The molecule has 0 spiro atoms. The van der Waals surface area contributed by atoms with E-state index in [0.717, 1.165) is 16.7 Å². The van der Waals surface area contributed by atoms with E-state index in [-0.39, 0.29) is 25.0 Å². The second kappa shape index (κ2) is 19.1. The molecule has 2 aliphatic heterocycles. The SMILES string of the molecule is CC[C@H]1OC(=O)[C@H](C)C(O)[C@H](C)[C@@H](OC2OC(C)CC(N(C)C)C2O)[C@](C)(OC)C[C@@H](C)/C(=N\N=C(/C)c2ccc(-c3ccccc3)cc2)[C@H](C)[C@@H](O)[C@]1(C)O. The Morgan fingerprint density at radius 1 is 0.929 bits per heavy atom. The number of aliphatic hydroxyl groups is 4. The molecule has 4 rings (SSSR count). The predicted molar refractivity (Wildman–Crippen MR) is 218 cm³/mol. The van der Waals surface area contributed by atoms with Gasteiger partial charge in [0, 0.05) is 30.7 Å². The van der Waals surface area contributed by atoms with E-state index >= 15 is 0 Å². The highest BCUT2D eigenvalue weighted by Gasteiger charge is 2.51. The first-order chi connectivity index (χ1) is 26.3. The molecule has 2 fully saturated rings. The first-order valence-electron chi connectivity index (χ1n) is 20.0. The lowest BCUT2D eigenvalue weighted by Crippen LogP contribution is -2.60. The number of cyclic esters (lactones) is 1. The molecule has 14 atom stereocenters. The van der Waals surface area contributed by atoms with Gasteiger partial charge in [0.15, 0.2) is 6.29 Å². The molecule has 2 aliphatic rings. The van der Waals surface area contributed by atoms with Crippen molar-refractivity contribution in [2.75, 3.05) is 21.2 Å². The Kier molecular flexibility index (Phi) is 15.6. The minimum Gasteiger partial charge on any atom is -0.459 e. The fourth-order valence-corrected chi connectivity index (χ4v) is 8.51. The van der Waals surface area contributed by atoms with Crippen molar-refractivity contribution in [3.05, 3.63) is 60.2 Å². The van der Waals surface area contributed by atoms with Crippen molar-refractivity contribution in [2.45, 2.75) is 142 Å². The van der Waals surface area contributed by atoms with Crippen LogP contribution in [0.4, 0.5) is 0 Å². The lowest BCUT2D eigenvalue weighted by molar-refractivity contribution is -0.301. The Morgan fingerprint density at radius 2 is 1.54 bits per heavy atom. The minimum atomic E-state index is -1.89. The van der Waals surface area contributed by atoms with Crippen molar-refractivity contribution < 1.29 is 44.2 Å². The van der Waals surface area contributed by atoms with E-state index < -0.39 is 77.7 Å². The first-order valence-corrected chi connectivity index (χ1v) is 20.0. The number of methoxy groups -OCH3 is 1. The van der Waals surface area contributed by atoms with E-state index in [0.29, 0.717) is 17.8 Å². The van der Waals surface area contributed by atoms with E-state index in [9.17, 15) is 25.2 Å². The molecule has 0 radical (unpaired) electrons. The number of nitrogens with zero attached hydrogens (tertiary/aromatic N) is 3. The van der Waals surface area contributed by atoms with Crippen molar-refractivity contribution in [1.82, 2.24) is 4.90 Å². The predicted octanol–water partition coefficient (Wildman–Crippen LogP) is 5.48. The largest absolute Gasteiger partial charge is 0.459 e. The van der Waals surface area contributed by atoms with Crippen LogP contribution in [0.3, 0.4) is 0 Å². The summed E-state index contributed by atoms with van der Waals surface area (Å²) in [7, 11) is 5.35. The summed E-state index contributed by atoms with van der Waals surface area (Å²) in [6.45, 7) is 15.9. The average Bonchev–Trinajstić information content (AvgIpc) is 3.18. The van der Waals surface area contributed by atoms with Crippen molar-refractivity contribution in [3.63, 3.8) is 0 Å². The van der Waals surface area contributed by atoms with Crippen molar-refractivity contribution in [3.8, 4) is 11.1 Å². The average molecular weight is 782 g/mol. The minimum absolute atomic E-state index is 0.203. The Bertz CT molecular complexity index is 1630. The molecule has 0 aromatic heterocycles. The van der Waals surface area contributed by atoms with Crippen LogP contribution in [-0.4, -0.2) is 124 Å². The number of benzene rings is 2. The summed E-state index contributed by atoms with van der Waals surface area (Å²) in [5.41, 5.74) is 1.11. The fourth-order valence-electron chi connectivity index (χ4n) is 8.51. The van der Waals surface area contributed by atoms with Crippen molar-refractivity contribution in [1.29, 1.82) is 0 Å². The molecule has 2 aromatic rings. The number of hydrogen-bond acceptors (Lipinski definition) is 12. The lowest BCUT2D eigenvalue weighted by Gasteiger charge is -2.48. The van der Waals surface area contributed by atoms with Gasteiger partial charge in [0.2, 0.25) is 0 Å². The third-order valence-electron chi connectivity index (χ3n) is 12.3. The van der Waals surface area contributed by atoms with Crippen LogP contribution in [0.1, 0.15) is 87.1 Å². The molecule has 0 bridgehead atoms. The third kappa shape index (κ3) is 10.1. The van der Waals surface area contributed by atoms with E-state index in [1.807, 2.05) is 89.2 Å². The number of likely N-dealkylation sites (N-methyl/N-ethyl adjacent to an activating group) is 1. The zero-order valence-corrected chi connectivity index (χ0v) is 35.4. The molecule has 56 heavy (non-hydrogen) atoms. The van der Waals surface area contributed by atoms with Crippen LogP contribution in [0.15, 0.2) is 64.8 Å². The van der Waals surface area contributed by atoms with Gasteiger partial charge in [0.25, 0.3) is 0 Å². The summed E-state index contributed by atoms with van der Waals surface area (Å²) in [5.74, 6) is -3.71. The van der Waals surface area contributed by atoms with Crippen molar-refractivity contribution in [2.24, 2.45) is 33.9 Å². The summed E-state index contributed by atoms with van der Waals surface area (Å²) in [5, 5.41) is 56.7. The standard InChI is InChI=1S/C44H67N3O9/c1-13-35-44(9,52)39(50)27(4)36(46-45-30(7)31-19-21-33(22-20-31)32-17-15-14-16-18-32)25(2)24-43(8,53-12)40(28(5)37(48)29(6)41(51)55-35)56-42-38(49)34(47(10)11)23-26(3)54-42/h14-22,25-29,34-35,37-40,42,48-50,52H,13,23-24H2,1-12H3/b45-30+,46-36+/t25-,26?,27+,28+,29-,34?,35-,37?,38?,39-,40-,42?,43-,44-/m1/s1. The number of carbonyl (C=O) groups is 1. The van der Waals surface area contributed by atoms with Gasteiger partial charge in [-0.15, -0.1) is 0 Å². The van der Waals surface area contributed by atoms with Crippen LogP contribution in [0.2, 0.25) is 0 Å². The molecule has 0 aliphatic carbocycles. The number of carbonyl (C=O) groups excluding carboxylic acids is 1. The summed E-state index contributed by atoms with van der Waals surface area (Å²) >= 11 is 0.